The molecule has 1 aliphatic heterocycles. The summed E-state index contributed by atoms with van der Waals surface area (Å²) in [6.07, 6.45) is 2.18. The molecule has 0 bridgehead atoms. The smallest absolute Gasteiger partial charge is 0.290 e. The fourth-order valence-corrected chi connectivity index (χ4v) is 1.77. The number of rotatable bonds is 2. The van der Waals surface area contributed by atoms with E-state index < -0.39 is 5.60 Å². The first-order chi connectivity index (χ1) is 7.06. The van der Waals surface area contributed by atoms with Gasteiger partial charge in [0.1, 0.15) is 0 Å². The summed E-state index contributed by atoms with van der Waals surface area (Å²) in [5.74, 6) is 0.253. The van der Waals surface area contributed by atoms with Crippen LogP contribution in [0.1, 0.15) is 29.5 Å². The number of carbonyl (C=O) groups excluding carboxylic acids is 1. The highest BCUT2D eigenvalue weighted by Crippen LogP contribution is 2.26. The first kappa shape index (κ1) is 10.2. The molecule has 0 aliphatic carbocycles. The van der Waals surface area contributed by atoms with E-state index in [1.54, 1.807) is 11.0 Å². The van der Waals surface area contributed by atoms with Gasteiger partial charge in [-0.25, -0.2) is 0 Å². The van der Waals surface area contributed by atoms with E-state index in [1.807, 2.05) is 13.8 Å². The summed E-state index contributed by atoms with van der Waals surface area (Å²) < 4.78 is 5.11. The van der Waals surface area contributed by atoms with E-state index in [0.29, 0.717) is 25.3 Å². The van der Waals surface area contributed by atoms with E-state index in [0.717, 1.165) is 5.56 Å². The molecule has 4 nitrogen and oxygen atoms in total. The Morgan fingerprint density at radius 2 is 2.33 bits per heavy atom. The van der Waals surface area contributed by atoms with Crippen LogP contribution in [0.3, 0.4) is 0 Å². The minimum atomic E-state index is -0.684. The second-order valence-corrected chi connectivity index (χ2v) is 4.17. The first-order valence-corrected chi connectivity index (χ1v) is 5.11. The number of carbonyl (C=O) groups is 1. The average Bonchev–Trinajstić information content (AvgIpc) is 2.58. The van der Waals surface area contributed by atoms with Crippen molar-refractivity contribution < 1.29 is 14.3 Å². The van der Waals surface area contributed by atoms with E-state index >= 15 is 0 Å². The van der Waals surface area contributed by atoms with Crippen molar-refractivity contribution in [2.24, 2.45) is 0 Å². The third kappa shape index (κ3) is 1.65. The van der Waals surface area contributed by atoms with Gasteiger partial charge < -0.3 is 14.4 Å². The molecule has 1 aromatic rings. The molecule has 2 rings (SSSR count). The molecular weight excluding hydrogens is 194 g/mol. The second kappa shape index (κ2) is 3.38. The Balaban J connectivity index is 2.04. The monoisotopic (exact) mass is 209 g/mol. The Bertz CT molecular complexity index is 377. The number of hydrogen-bond donors (Lipinski definition) is 1. The van der Waals surface area contributed by atoms with Gasteiger partial charge in [-0.2, -0.15) is 0 Å². The summed E-state index contributed by atoms with van der Waals surface area (Å²) in [6, 6.07) is 1.76. The van der Waals surface area contributed by atoms with Crippen molar-refractivity contribution in [1.82, 2.24) is 4.90 Å². The topological polar surface area (TPSA) is 53.7 Å². The van der Waals surface area contributed by atoms with Crippen LogP contribution in [0.2, 0.25) is 0 Å². The van der Waals surface area contributed by atoms with Gasteiger partial charge in [-0.1, -0.05) is 6.92 Å². The SMILES string of the molecule is CCC1(O)CN(C(=O)c2occc2C)C1. The molecule has 4 heteroatoms. The van der Waals surface area contributed by atoms with Gasteiger partial charge in [-0.3, -0.25) is 4.79 Å². The number of amides is 1. The van der Waals surface area contributed by atoms with Gasteiger partial charge in [0, 0.05) is 5.56 Å². The number of aryl methyl sites for hydroxylation is 1. The van der Waals surface area contributed by atoms with Crippen LogP contribution in [0.15, 0.2) is 16.7 Å². The van der Waals surface area contributed by atoms with Gasteiger partial charge in [0.25, 0.3) is 5.91 Å². The summed E-state index contributed by atoms with van der Waals surface area (Å²) in [5.41, 5.74) is 0.155. The molecule has 15 heavy (non-hydrogen) atoms. The Labute approximate surface area is 88.5 Å². The predicted molar refractivity (Wildman–Crippen MR) is 54.6 cm³/mol. The van der Waals surface area contributed by atoms with Crippen molar-refractivity contribution in [3.05, 3.63) is 23.7 Å². The van der Waals surface area contributed by atoms with Crippen LogP contribution < -0.4 is 0 Å². The van der Waals surface area contributed by atoms with Crippen molar-refractivity contribution >= 4 is 5.91 Å². The minimum Gasteiger partial charge on any atom is -0.459 e. The third-order valence-electron chi connectivity index (χ3n) is 2.97. The fourth-order valence-electron chi connectivity index (χ4n) is 1.77. The predicted octanol–water partition coefficient (Wildman–Crippen LogP) is 1.18. The lowest BCUT2D eigenvalue weighted by molar-refractivity contribution is -0.0834. The molecule has 0 saturated carbocycles. The largest absolute Gasteiger partial charge is 0.459 e. The lowest BCUT2D eigenvalue weighted by Crippen LogP contribution is -2.63. The van der Waals surface area contributed by atoms with Crippen LogP contribution >= 0.6 is 0 Å². The molecule has 82 valence electrons. The Kier molecular flexibility index (Phi) is 2.31. The van der Waals surface area contributed by atoms with E-state index in [1.165, 1.54) is 6.26 Å². The molecule has 0 atom stereocenters. The Morgan fingerprint density at radius 1 is 1.67 bits per heavy atom. The van der Waals surface area contributed by atoms with Gasteiger partial charge in [0.15, 0.2) is 5.76 Å². The zero-order chi connectivity index (χ0) is 11.1. The van der Waals surface area contributed by atoms with Crippen LogP contribution in [0.25, 0.3) is 0 Å². The number of aliphatic hydroxyl groups is 1. The van der Waals surface area contributed by atoms with Crippen molar-refractivity contribution in [1.29, 1.82) is 0 Å². The molecule has 0 spiro atoms. The van der Waals surface area contributed by atoms with Crippen molar-refractivity contribution in [3.63, 3.8) is 0 Å². The fraction of sp³-hybridized carbons (Fsp3) is 0.545. The zero-order valence-corrected chi connectivity index (χ0v) is 8.99. The standard InChI is InChI=1S/C11H15NO3/c1-3-11(14)6-12(7-11)10(13)9-8(2)4-5-15-9/h4-5,14H,3,6-7H2,1-2H3. The molecule has 1 aliphatic rings. The molecule has 1 amide bonds. The second-order valence-electron chi connectivity index (χ2n) is 4.17. The molecule has 1 aromatic heterocycles. The number of furan rings is 1. The van der Waals surface area contributed by atoms with Gasteiger partial charge in [0.2, 0.25) is 0 Å². The summed E-state index contributed by atoms with van der Waals surface area (Å²) in [5, 5.41) is 9.78. The van der Waals surface area contributed by atoms with E-state index in [9.17, 15) is 9.90 Å². The van der Waals surface area contributed by atoms with E-state index in [4.69, 9.17) is 4.42 Å². The van der Waals surface area contributed by atoms with Crippen molar-refractivity contribution in [2.45, 2.75) is 25.9 Å². The molecule has 1 N–H and O–H groups in total. The maximum atomic E-state index is 11.8. The Hall–Kier alpha value is -1.29. The molecule has 0 unspecified atom stereocenters. The maximum absolute atomic E-state index is 11.8. The normalized spacial score (nSPS) is 18.7. The van der Waals surface area contributed by atoms with Crippen LogP contribution in [0, 0.1) is 6.92 Å². The van der Waals surface area contributed by atoms with Crippen LogP contribution in [0.5, 0.6) is 0 Å². The van der Waals surface area contributed by atoms with Crippen LogP contribution in [-0.4, -0.2) is 34.6 Å². The quantitative estimate of drug-likeness (QED) is 0.795. The maximum Gasteiger partial charge on any atom is 0.290 e. The van der Waals surface area contributed by atoms with Crippen LogP contribution in [-0.2, 0) is 0 Å². The molecule has 0 aromatic carbocycles. The number of nitrogens with zero attached hydrogens (tertiary/aromatic N) is 1. The highest BCUT2D eigenvalue weighted by molar-refractivity contribution is 5.93. The molecule has 1 saturated heterocycles. The molecule has 1 fully saturated rings. The molecule has 0 radical (unpaired) electrons. The molecular formula is C11H15NO3. The highest BCUT2D eigenvalue weighted by Gasteiger charge is 2.43. The van der Waals surface area contributed by atoms with E-state index in [-0.39, 0.29) is 5.91 Å². The number of likely N-dealkylation sites (tertiary alicyclic amines) is 1. The summed E-state index contributed by atoms with van der Waals surface area (Å²) in [4.78, 5) is 13.4. The molecule has 2 heterocycles. The van der Waals surface area contributed by atoms with Gasteiger partial charge in [0.05, 0.1) is 25.0 Å². The summed E-state index contributed by atoms with van der Waals surface area (Å²) in [6.45, 7) is 4.56. The Morgan fingerprint density at radius 3 is 2.80 bits per heavy atom. The summed E-state index contributed by atoms with van der Waals surface area (Å²) >= 11 is 0. The van der Waals surface area contributed by atoms with Crippen LogP contribution in [0.4, 0.5) is 0 Å². The third-order valence-corrected chi connectivity index (χ3v) is 2.97. The van der Waals surface area contributed by atoms with Crippen molar-refractivity contribution in [3.8, 4) is 0 Å². The van der Waals surface area contributed by atoms with Gasteiger partial charge in [-0.15, -0.1) is 0 Å². The minimum absolute atomic E-state index is 0.129. The van der Waals surface area contributed by atoms with E-state index in [2.05, 4.69) is 0 Å². The van der Waals surface area contributed by atoms with Gasteiger partial charge >= 0.3 is 0 Å². The average molecular weight is 209 g/mol. The van der Waals surface area contributed by atoms with Gasteiger partial charge in [-0.05, 0) is 19.4 Å². The number of hydrogen-bond acceptors (Lipinski definition) is 3. The number of β-amino-alcohol motifs (C(OH)–C–C–N with tert-alkyl or cyclic N) is 1. The summed E-state index contributed by atoms with van der Waals surface area (Å²) in [7, 11) is 0. The van der Waals surface area contributed by atoms with Crippen molar-refractivity contribution in [2.75, 3.05) is 13.1 Å². The lowest BCUT2D eigenvalue weighted by Gasteiger charge is -2.45. The lowest BCUT2D eigenvalue weighted by atomic mass is 9.91. The highest BCUT2D eigenvalue weighted by atomic mass is 16.3. The zero-order valence-electron chi connectivity index (χ0n) is 8.99. The first-order valence-electron chi connectivity index (χ1n) is 5.11.